The maximum Gasteiger partial charge on any atom is 0.343 e. The number of halogens is 1. The summed E-state index contributed by atoms with van der Waals surface area (Å²) in [4.78, 5) is 16.1. The lowest BCUT2D eigenvalue weighted by atomic mass is 10.2. The molecule has 0 aliphatic heterocycles. The monoisotopic (exact) mass is 377 g/mol. The van der Waals surface area contributed by atoms with Crippen LogP contribution in [0.25, 0.3) is 0 Å². The van der Waals surface area contributed by atoms with Crippen LogP contribution in [0.15, 0.2) is 12.3 Å². The molecule has 0 atom stereocenters. The van der Waals surface area contributed by atoms with Crippen LogP contribution in [0.3, 0.4) is 0 Å². The number of carbonyl (C=O) groups is 1. The molecule has 0 bridgehead atoms. The van der Waals surface area contributed by atoms with Gasteiger partial charge < -0.3 is 9.47 Å². The minimum absolute atomic E-state index is 0.356. The average molecular weight is 377 g/mol. The number of aromatic nitrogens is 1. The minimum atomic E-state index is -0.356. The van der Waals surface area contributed by atoms with Crippen molar-refractivity contribution in [3.8, 4) is 5.88 Å². The lowest BCUT2D eigenvalue weighted by Crippen LogP contribution is -2.11. The number of esters is 1. The fourth-order valence-corrected chi connectivity index (χ4v) is 1.84. The number of pyridine rings is 1. The van der Waals surface area contributed by atoms with Crippen molar-refractivity contribution in [2.24, 2.45) is 0 Å². The van der Waals surface area contributed by atoms with Crippen LogP contribution in [0.5, 0.6) is 5.88 Å². The van der Waals surface area contributed by atoms with Crippen molar-refractivity contribution in [3.63, 3.8) is 0 Å². The van der Waals surface area contributed by atoms with Crippen LogP contribution in [0.1, 0.15) is 49.9 Å². The molecule has 0 aliphatic rings. The van der Waals surface area contributed by atoms with Crippen molar-refractivity contribution in [2.45, 2.75) is 39.5 Å². The topological polar surface area (TPSA) is 48.4 Å². The second kappa shape index (κ2) is 9.12. The number of hydrogen-bond acceptors (Lipinski definition) is 4. The van der Waals surface area contributed by atoms with Gasteiger partial charge in [-0.3, -0.25) is 0 Å². The zero-order valence-corrected chi connectivity index (χ0v) is 13.6. The molecule has 19 heavy (non-hydrogen) atoms. The number of nitrogens with zero attached hydrogens (tertiary/aromatic N) is 1. The molecule has 5 heteroatoms. The molecule has 1 rings (SSSR count). The van der Waals surface area contributed by atoms with Crippen molar-refractivity contribution >= 4 is 28.6 Å². The van der Waals surface area contributed by atoms with Gasteiger partial charge in [0.05, 0.1) is 13.2 Å². The van der Waals surface area contributed by atoms with Gasteiger partial charge in [-0.05, 0) is 41.5 Å². The minimum Gasteiger partial charge on any atom is -0.477 e. The summed E-state index contributed by atoms with van der Waals surface area (Å²) in [5, 5.41) is 0. The summed E-state index contributed by atoms with van der Waals surface area (Å²) in [7, 11) is 0. The highest BCUT2D eigenvalue weighted by atomic mass is 127. The van der Waals surface area contributed by atoms with Gasteiger partial charge >= 0.3 is 5.97 Å². The Morgan fingerprint density at radius 1 is 1.26 bits per heavy atom. The maximum absolute atomic E-state index is 12.0. The molecule has 106 valence electrons. The van der Waals surface area contributed by atoms with Crippen LogP contribution >= 0.6 is 22.6 Å². The van der Waals surface area contributed by atoms with E-state index >= 15 is 0 Å². The number of carbonyl (C=O) groups excluding carboxylic acids is 1. The van der Waals surface area contributed by atoms with E-state index in [9.17, 15) is 4.79 Å². The summed E-state index contributed by atoms with van der Waals surface area (Å²) < 4.78 is 11.6. The Labute approximate surface area is 128 Å². The Morgan fingerprint density at radius 3 is 2.63 bits per heavy atom. The molecule has 0 N–H and O–H groups in total. The third kappa shape index (κ3) is 5.76. The summed E-state index contributed by atoms with van der Waals surface area (Å²) >= 11 is 2.12. The lowest BCUT2D eigenvalue weighted by molar-refractivity contribution is 0.0494. The van der Waals surface area contributed by atoms with Crippen molar-refractivity contribution in [2.75, 3.05) is 13.2 Å². The molecule has 0 saturated carbocycles. The van der Waals surface area contributed by atoms with Gasteiger partial charge in [0.25, 0.3) is 0 Å². The highest BCUT2D eigenvalue weighted by Crippen LogP contribution is 2.19. The maximum atomic E-state index is 12.0. The Bertz CT molecular complexity index is 410. The zero-order chi connectivity index (χ0) is 14.1. The second-order valence-corrected chi connectivity index (χ2v) is 5.44. The van der Waals surface area contributed by atoms with Gasteiger partial charge in [-0.25, -0.2) is 9.78 Å². The number of rotatable bonds is 8. The molecule has 0 saturated heterocycles. The van der Waals surface area contributed by atoms with Crippen molar-refractivity contribution in [3.05, 3.63) is 21.4 Å². The van der Waals surface area contributed by atoms with E-state index in [1.54, 1.807) is 12.3 Å². The van der Waals surface area contributed by atoms with Crippen LogP contribution in [0.2, 0.25) is 0 Å². The first-order chi connectivity index (χ1) is 9.19. The molecular formula is C14H20INO3. The van der Waals surface area contributed by atoms with E-state index in [1.807, 2.05) is 0 Å². The molecule has 0 amide bonds. The quantitative estimate of drug-likeness (QED) is 0.393. The standard InChI is InChI=1S/C14H20INO3/c1-3-5-7-18-13-12(9-11(15)10-16-13)14(17)19-8-6-4-2/h9-10H,3-8H2,1-2H3. The first-order valence-corrected chi connectivity index (χ1v) is 7.72. The van der Waals surface area contributed by atoms with Crippen molar-refractivity contribution in [1.29, 1.82) is 0 Å². The summed E-state index contributed by atoms with van der Waals surface area (Å²) in [5.74, 6) is 0.0151. The number of unbranched alkanes of at least 4 members (excludes halogenated alkanes) is 2. The molecule has 0 spiro atoms. The van der Waals surface area contributed by atoms with Crippen LogP contribution in [0.4, 0.5) is 0 Å². The van der Waals surface area contributed by atoms with Crippen molar-refractivity contribution in [1.82, 2.24) is 4.98 Å². The van der Waals surface area contributed by atoms with Gasteiger partial charge in [0, 0.05) is 9.77 Å². The van der Waals surface area contributed by atoms with Gasteiger partial charge in [0.1, 0.15) is 5.56 Å². The van der Waals surface area contributed by atoms with Crippen LogP contribution in [0, 0.1) is 3.57 Å². The molecule has 0 fully saturated rings. The number of hydrogen-bond donors (Lipinski definition) is 0. The first kappa shape index (κ1) is 16.2. The molecule has 1 aromatic rings. The fraction of sp³-hybridized carbons (Fsp3) is 0.571. The highest BCUT2D eigenvalue weighted by Gasteiger charge is 2.16. The Kier molecular flexibility index (Phi) is 7.78. The molecule has 0 aromatic carbocycles. The third-order valence-corrected chi connectivity index (χ3v) is 3.10. The molecule has 1 aromatic heterocycles. The van der Waals surface area contributed by atoms with E-state index in [-0.39, 0.29) is 5.97 Å². The van der Waals surface area contributed by atoms with Crippen LogP contribution < -0.4 is 4.74 Å². The van der Waals surface area contributed by atoms with Crippen LogP contribution in [-0.4, -0.2) is 24.2 Å². The van der Waals surface area contributed by atoms with Gasteiger partial charge in [0.15, 0.2) is 0 Å². The Hall–Kier alpha value is -0.850. The van der Waals surface area contributed by atoms with E-state index in [0.717, 1.165) is 29.3 Å². The summed E-state index contributed by atoms with van der Waals surface area (Å²) in [6.07, 6.45) is 5.54. The van der Waals surface area contributed by atoms with Crippen molar-refractivity contribution < 1.29 is 14.3 Å². The highest BCUT2D eigenvalue weighted by molar-refractivity contribution is 14.1. The average Bonchev–Trinajstić information content (AvgIpc) is 2.40. The molecule has 0 unspecified atom stereocenters. The summed E-state index contributed by atoms with van der Waals surface area (Å²) in [6, 6.07) is 1.75. The lowest BCUT2D eigenvalue weighted by Gasteiger charge is -2.10. The first-order valence-electron chi connectivity index (χ1n) is 6.64. The largest absolute Gasteiger partial charge is 0.477 e. The predicted octanol–water partition coefficient (Wildman–Crippen LogP) is 3.82. The predicted molar refractivity (Wildman–Crippen MR) is 82.5 cm³/mol. The second-order valence-electron chi connectivity index (χ2n) is 4.20. The van der Waals surface area contributed by atoms with E-state index in [0.29, 0.717) is 24.7 Å². The Morgan fingerprint density at radius 2 is 1.95 bits per heavy atom. The number of ether oxygens (including phenoxy) is 2. The van der Waals surface area contributed by atoms with E-state index in [1.165, 1.54) is 0 Å². The zero-order valence-electron chi connectivity index (χ0n) is 11.4. The van der Waals surface area contributed by atoms with E-state index < -0.39 is 0 Å². The summed E-state index contributed by atoms with van der Waals surface area (Å²) in [6.45, 7) is 5.15. The van der Waals surface area contributed by atoms with E-state index in [2.05, 4.69) is 41.4 Å². The Balaban J connectivity index is 2.72. The van der Waals surface area contributed by atoms with Crippen LogP contribution in [-0.2, 0) is 4.74 Å². The summed E-state index contributed by atoms with van der Waals surface area (Å²) in [5.41, 5.74) is 0.416. The SMILES string of the molecule is CCCCOC(=O)c1cc(I)cnc1OCCCC. The van der Waals surface area contributed by atoms with Gasteiger partial charge in [-0.2, -0.15) is 0 Å². The molecular weight excluding hydrogens is 357 g/mol. The molecule has 4 nitrogen and oxygen atoms in total. The van der Waals surface area contributed by atoms with Gasteiger partial charge in [0.2, 0.25) is 5.88 Å². The fourth-order valence-electron chi connectivity index (χ4n) is 1.39. The van der Waals surface area contributed by atoms with Gasteiger partial charge in [-0.15, -0.1) is 0 Å². The van der Waals surface area contributed by atoms with E-state index in [4.69, 9.17) is 9.47 Å². The third-order valence-electron chi connectivity index (χ3n) is 2.51. The molecule has 1 heterocycles. The van der Waals surface area contributed by atoms with Gasteiger partial charge in [-0.1, -0.05) is 26.7 Å². The normalized spacial score (nSPS) is 10.3. The smallest absolute Gasteiger partial charge is 0.343 e. The molecule has 0 radical (unpaired) electrons. The molecule has 0 aliphatic carbocycles.